The Morgan fingerprint density at radius 3 is 2.45 bits per heavy atom. The molecule has 0 bridgehead atoms. The molecule has 1 amide bonds. The SMILES string of the molecule is COCC(C)N(C(=O)C1CCC(C)CC1)c1sc(-c2ccccc2)cc1C(=O)O. The molecule has 1 aromatic heterocycles. The van der Waals surface area contributed by atoms with Crippen LogP contribution in [0, 0.1) is 11.8 Å². The standard InChI is InChI=1S/C23H29NO4S/c1-15-9-11-18(12-10-15)21(25)24(16(2)14-28-3)22-19(23(26)27)13-20(29-22)17-7-5-4-6-8-17/h4-8,13,15-16,18H,9-12,14H2,1-3H3,(H,26,27). The Bertz CT molecular complexity index is 840. The predicted molar refractivity (Wildman–Crippen MR) is 117 cm³/mol. The molecule has 0 radical (unpaired) electrons. The first-order chi connectivity index (χ1) is 13.9. The molecule has 6 heteroatoms. The van der Waals surface area contributed by atoms with Crippen LogP contribution < -0.4 is 4.90 Å². The lowest BCUT2D eigenvalue weighted by Crippen LogP contribution is -2.45. The summed E-state index contributed by atoms with van der Waals surface area (Å²) in [6, 6.07) is 11.1. The highest BCUT2D eigenvalue weighted by molar-refractivity contribution is 7.20. The Kier molecular flexibility index (Phi) is 7.09. The van der Waals surface area contributed by atoms with E-state index >= 15 is 0 Å². The molecule has 1 fully saturated rings. The lowest BCUT2D eigenvalue weighted by molar-refractivity contribution is -0.124. The van der Waals surface area contributed by atoms with Crippen molar-refractivity contribution >= 4 is 28.2 Å². The molecule has 0 aliphatic heterocycles. The molecule has 1 unspecified atom stereocenters. The van der Waals surface area contributed by atoms with Crippen LogP contribution in [-0.2, 0) is 9.53 Å². The average Bonchev–Trinajstić information content (AvgIpc) is 3.15. The van der Waals surface area contributed by atoms with Crippen LogP contribution in [0.5, 0.6) is 0 Å². The summed E-state index contributed by atoms with van der Waals surface area (Å²) >= 11 is 1.36. The van der Waals surface area contributed by atoms with Crippen LogP contribution in [0.1, 0.15) is 49.9 Å². The van der Waals surface area contributed by atoms with Crippen molar-refractivity contribution in [3.05, 3.63) is 42.0 Å². The van der Waals surface area contributed by atoms with Crippen LogP contribution in [0.15, 0.2) is 36.4 Å². The zero-order valence-electron chi connectivity index (χ0n) is 17.3. The first kappa shape index (κ1) is 21.5. The van der Waals surface area contributed by atoms with Crippen molar-refractivity contribution in [1.82, 2.24) is 0 Å². The molecule has 1 N–H and O–H groups in total. The quantitative estimate of drug-likeness (QED) is 0.666. The monoisotopic (exact) mass is 415 g/mol. The Labute approximate surface area is 176 Å². The van der Waals surface area contributed by atoms with Gasteiger partial charge < -0.3 is 9.84 Å². The van der Waals surface area contributed by atoms with Crippen molar-refractivity contribution in [3.8, 4) is 10.4 Å². The molecule has 2 aromatic rings. The van der Waals surface area contributed by atoms with Crippen LogP contribution in [-0.4, -0.2) is 36.7 Å². The van der Waals surface area contributed by atoms with Crippen molar-refractivity contribution < 1.29 is 19.4 Å². The summed E-state index contributed by atoms with van der Waals surface area (Å²) in [5.41, 5.74) is 1.12. The zero-order chi connectivity index (χ0) is 21.0. The second kappa shape index (κ2) is 9.55. The van der Waals surface area contributed by atoms with Gasteiger partial charge in [-0.15, -0.1) is 11.3 Å². The third-order valence-corrected chi connectivity index (χ3v) is 6.85. The summed E-state index contributed by atoms with van der Waals surface area (Å²) in [5, 5.41) is 10.4. The van der Waals surface area contributed by atoms with Gasteiger partial charge in [-0.25, -0.2) is 4.79 Å². The molecule has 29 heavy (non-hydrogen) atoms. The molecule has 156 valence electrons. The van der Waals surface area contributed by atoms with Crippen LogP contribution in [0.25, 0.3) is 10.4 Å². The Morgan fingerprint density at radius 1 is 1.21 bits per heavy atom. The Balaban J connectivity index is 2.01. The second-order valence-electron chi connectivity index (χ2n) is 7.97. The molecule has 1 atom stereocenters. The summed E-state index contributed by atoms with van der Waals surface area (Å²) in [4.78, 5) is 28.1. The molecule has 1 aromatic carbocycles. The fourth-order valence-corrected chi connectivity index (χ4v) is 5.26. The molecular formula is C23H29NO4S. The van der Waals surface area contributed by atoms with Crippen molar-refractivity contribution in [2.24, 2.45) is 11.8 Å². The van der Waals surface area contributed by atoms with Gasteiger partial charge in [0.2, 0.25) is 5.91 Å². The first-order valence-electron chi connectivity index (χ1n) is 10.2. The number of carbonyl (C=O) groups excluding carboxylic acids is 1. The summed E-state index contributed by atoms with van der Waals surface area (Å²) in [5.74, 6) is -0.414. The third-order valence-electron chi connectivity index (χ3n) is 5.67. The van der Waals surface area contributed by atoms with Crippen molar-refractivity contribution in [3.63, 3.8) is 0 Å². The van der Waals surface area contributed by atoms with Crippen LogP contribution >= 0.6 is 11.3 Å². The molecule has 5 nitrogen and oxygen atoms in total. The topological polar surface area (TPSA) is 66.8 Å². The molecule has 1 heterocycles. The molecule has 3 rings (SSSR count). The van der Waals surface area contributed by atoms with Crippen molar-refractivity contribution in [2.75, 3.05) is 18.6 Å². The Hall–Kier alpha value is -2.18. The predicted octanol–water partition coefficient (Wildman–Crippen LogP) is 5.31. The second-order valence-corrected chi connectivity index (χ2v) is 9.00. The number of thiophene rings is 1. The third kappa shape index (κ3) is 4.87. The number of aromatic carboxylic acids is 1. The summed E-state index contributed by atoms with van der Waals surface area (Å²) in [6.07, 6.45) is 3.79. The normalized spacial score (nSPS) is 20.2. The van der Waals surface area contributed by atoms with E-state index < -0.39 is 5.97 Å². The highest BCUT2D eigenvalue weighted by Gasteiger charge is 2.34. The van der Waals surface area contributed by atoms with Gasteiger partial charge in [0.05, 0.1) is 18.2 Å². The first-order valence-corrected chi connectivity index (χ1v) is 11.0. The van der Waals surface area contributed by atoms with Gasteiger partial charge in [0.15, 0.2) is 0 Å². The maximum Gasteiger partial charge on any atom is 0.338 e. The van der Waals surface area contributed by atoms with Gasteiger partial charge in [-0.05, 0) is 50.2 Å². The summed E-state index contributed by atoms with van der Waals surface area (Å²) < 4.78 is 5.32. The van der Waals surface area contributed by atoms with E-state index in [4.69, 9.17) is 4.74 Å². The number of hydrogen-bond donors (Lipinski definition) is 1. The van der Waals surface area contributed by atoms with Gasteiger partial charge in [-0.2, -0.15) is 0 Å². The van der Waals surface area contributed by atoms with E-state index in [0.717, 1.165) is 36.1 Å². The van der Waals surface area contributed by atoms with Crippen LogP contribution in [0.4, 0.5) is 5.00 Å². The zero-order valence-corrected chi connectivity index (χ0v) is 18.1. The number of amides is 1. The lowest BCUT2D eigenvalue weighted by atomic mass is 9.82. The van der Waals surface area contributed by atoms with E-state index in [1.54, 1.807) is 18.1 Å². The van der Waals surface area contributed by atoms with E-state index in [1.165, 1.54) is 11.3 Å². The van der Waals surface area contributed by atoms with E-state index in [1.807, 2.05) is 37.3 Å². The smallest absolute Gasteiger partial charge is 0.338 e. The summed E-state index contributed by atoms with van der Waals surface area (Å²) in [7, 11) is 1.60. The lowest BCUT2D eigenvalue weighted by Gasteiger charge is -2.34. The number of rotatable bonds is 7. The number of carboxylic acid groups (broad SMARTS) is 1. The fraction of sp³-hybridized carbons (Fsp3) is 0.478. The Morgan fingerprint density at radius 2 is 1.86 bits per heavy atom. The number of methoxy groups -OCH3 is 1. The van der Waals surface area contributed by atoms with Crippen molar-refractivity contribution in [2.45, 2.75) is 45.6 Å². The van der Waals surface area contributed by atoms with Gasteiger partial charge in [-0.3, -0.25) is 9.69 Å². The highest BCUT2D eigenvalue weighted by Crippen LogP contribution is 2.40. The molecular weight excluding hydrogens is 386 g/mol. The van der Waals surface area contributed by atoms with Crippen LogP contribution in [0.3, 0.4) is 0 Å². The van der Waals surface area contributed by atoms with E-state index in [2.05, 4.69) is 6.92 Å². The maximum absolute atomic E-state index is 13.5. The number of ether oxygens (including phenoxy) is 1. The van der Waals surface area contributed by atoms with Gasteiger partial charge in [0.25, 0.3) is 0 Å². The van der Waals surface area contributed by atoms with Gasteiger partial charge in [0.1, 0.15) is 5.00 Å². The fourth-order valence-electron chi connectivity index (χ4n) is 4.00. The number of nitrogens with zero attached hydrogens (tertiary/aromatic N) is 1. The summed E-state index contributed by atoms with van der Waals surface area (Å²) in [6.45, 7) is 4.49. The van der Waals surface area contributed by atoms with Gasteiger partial charge >= 0.3 is 5.97 Å². The minimum absolute atomic E-state index is 0.0189. The minimum Gasteiger partial charge on any atom is -0.478 e. The maximum atomic E-state index is 13.5. The number of carbonyl (C=O) groups is 2. The molecule has 1 aliphatic carbocycles. The van der Waals surface area contributed by atoms with Gasteiger partial charge in [-0.1, -0.05) is 37.3 Å². The number of anilines is 1. The van der Waals surface area contributed by atoms with E-state index in [-0.39, 0.29) is 23.4 Å². The molecule has 1 saturated carbocycles. The van der Waals surface area contributed by atoms with Gasteiger partial charge in [0, 0.05) is 17.9 Å². The largest absolute Gasteiger partial charge is 0.478 e. The molecule has 0 spiro atoms. The van der Waals surface area contributed by atoms with E-state index in [9.17, 15) is 14.7 Å². The number of hydrogen-bond acceptors (Lipinski definition) is 4. The minimum atomic E-state index is -1.02. The number of benzene rings is 1. The van der Waals surface area contributed by atoms with E-state index in [0.29, 0.717) is 17.5 Å². The molecule has 0 saturated heterocycles. The molecule has 1 aliphatic rings. The van der Waals surface area contributed by atoms with Crippen LogP contribution in [0.2, 0.25) is 0 Å². The van der Waals surface area contributed by atoms with Crippen molar-refractivity contribution in [1.29, 1.82) is 0 Å². The number of carboxylic acids is 1. The highest BCUT2D eigenvalue weighted by atomic mass is 32.1. The average molecular weight is 416 g/mol.